The lowest BCUT2D eigenvalue weighted by molar-refractivity contribution is 0.450. The van der Waals surface area contributed by atoms with Gasteiger partial charge in [-0.1, -0.05) is 13.0 Å². The Morgan fingerprint density at radius 2 is 2.00 bits per heavy atom. The third kappa shape index (κ3) is 2.92. The lowest BCUT2D eigenvalue weighted by Crippen LogP contribution is -2.51. The molecular formula is C11H13Cl2N3O2S2. The summed E-state index contributed by atoms with van der Waals surface area (Å²) >= 11 is 12.7. The maximum Gasteiger partial charge on any atom is 0.243 e. The molecule has 1 heterocycles. The Hall–Kier alpha value is -0.470. The van der Waals surface area contributed by atoms with Gasteiger partial charge in [-0.2, -0.15) is 8.73 Å². The molecule has 0 aromatic heterocycles. The summed E-state index contributed by atoms with van der Waals surface area (Å²) in [6.45, 7) is 1.83. The average Bonchev–Trinajstić information content (AvgIpc) is 2.93. The molecule has 9 heteroatoms. The summed E-state index contributed by atoms with van der Waals surface area (Å²) in [7, 11) is -3.77. The van der Waals surface area contributed by atoms with Gasteiger partial charge in [0.25, 0.3) is 0 Å². The minimum atomic E-state index is -3.77. The molecule has 1 N–H and O–H groups in total. The van der Waals surface area contributed by atoms with Gasteiger partial charge in [0.1, 0.15) is 16.3 Å². The smallest absolute Gasteiger partial charge is 0.207 e. The van der Waals surface area contributed by atoms with Gasteiger partial charge < -0.3 is 0 Å². The van der Waals surface area contributed by atoms with E-state index in [1.54, 1.807) is 12.1 Å². The number of nitrogens with one attached hydrogen (secondary N) is 1. The molecule has 2 rings (SSSR count). The zero-order chi connectivity index (χ0) is 14.8. The van der Waals surface area contributed by atoms with Gasteiger partial charge >= 0.3 is 0 Å². The zero-order valence-electron chi connectivity index (χ0n) is 10.6. The van der Waals surface area contributed by atoms with Crippen LogP contribution in [0.1, 0.15) is 13.3 Å². The van der Waals surface area contributed by atoms with E-state index in [0.717, 1.165) is 11.4 Å². The lowest BCUT2D eigenvalue weighted by atomic mass is 10.0. The molecule has 0 bridgehead atoms. The number of alkyl halides is 2. The van der Waals surface area contributed by atoms with Gasteiger partial charge in [-0.25, -0.2) is 13.1 Å². The number of sulfonamides is 1. The summed E-state index contributed by atoms with van der Waals surface area (Å²) in [5.41, 5.74) is 0.0453. The van der Waals surface area contributed by atoms with E-state index in [4.69, 9.17) is 23.2 Å². The molecular weight excluding hydrogens is 341 g/mol. The summed E-state index contributed by atoms with van der Waals surface area (Å²) in [6, 6.07) is 4.84. The van der Waals surface area contributed by atoms with Gasteiger partial charge in [0, 0.05) is 11.8 Å². The van der Waals surface area contributed by atoms with Crippen LogP contribution in [-0.2, 0) is 21.4 Å². The number of nitrogens with zero attached hydrogens (tertiary/aromatic N) is 2. The van der Waals surface area contributed by atoms with Gasteiger partial charge in [-0.15, -0.1) is 23.2 Å². The van der Waals surface area contributed by atoms with Crippen molar-refractivity contribution in [1.29, 1.82) is 0 Å². The van der Waals surface area contributed by atoms with Crippen molar-refractivity contribution in [2.75, 3.05) is 11.8 Å². The van der Waals surface area contributed by atoms with E-state index < -0.39 is 15.6 Å². The number of benzene rings is 1. The Morgan fingerprint density at radius 1 is 1.30 bits per heavy atom. The van der Waals surface area contributed by atoms with Gasteiger partial charge in [0.2, 0.25) is 10.0 Å². The van der Waals surface area contributed by atoms with Crippen molar-refractivity contribution in [3.8, 4) is 0 Å². The highest BCUT2D eigenvalue weighted by Crippen LogP contribution is 2.37. The summed E-state index contributed by atoms with van der Waals surface area (Å²) in [5, 5.41) is 0. The van der Waals surface area contributed by atoms with Crippen LogP contribution in [0.5, 0.6) is 0 Å². The number of fused-ring (bicyclic) bond motifs is 1. The third-order valence-corrected chi connectivity index (χ3v) is 6.25. The van der Waals surface area contributed by atoms with E-state index in [0.29, 0.717) is 17.8 Å². The van der Waals surface area contributed by atoms with E-state index in [1.807, 2.05) is 6.92 Å². The molecule has 0 amide bonds. The SMILES string of the molecule is CCC(CCl)(CCl)NS(=O)(=O)c1cccc2c1N=S=N2. The number of rotatable bonds is 6. The van der Waals surface area contributed by atoms with Gasteiger partial charge in [-0.05, 0) is 18.6 Å². The van der Waals surface area contributed by atoms with Crippen LogP contribution in [0.25, 0.3) is 0 Å². The molecule has 1 aliphatic heterocycles. The molecule has 0 saturated carbocycles. The molecule has 20 heavy (non-hydrogen) atoms. The van der Waals surface area contributed by atoms with E-state index in [9.17, 15) is 8.42 Å². The molecule has 0 saturated heterocycles. The monoisotopic (exact) mass is 353 g/mol. The molecule has 0 radical (unpaired) electrons. The van der Waals surface area contributed by atoms with Crippen LogP contribution in [-0.4, -0.2) is 25.7 Å². The molecule has 1 aromatic carbocycles. The largest absolute Gasteiger partial charge is 0.243 e. The van der Waals surface area contributed by atoms with Crippen molar-refractivity contribution < 1.29 is 8.42 Å². The molecule has 0 atom stereocenters. The van der Waals surface area contributed by atoms with Crippen molar-refractivity contribution in [2.45, 2.75) is 23.8 Å². The average molecular weight is 354 g/mol. The zero-order valence-corrected chi connectivity index (χ0v) is 13.8. The Morgan fingerprint density at radius 3 is 2.60 bits per heavy atom. The first kappa shape index (κ1) is 15.9. The fourth-order valence-corrected chi connectivity index (χ4v) is 4.88. The van der Waals surface area contributed by atoms with E-state index in [2.05, 4.69) is 13.4 Å². The summed E-state index contributed by atoms with van der Waals surface area (Å²) in [4.78, 5) is 0.0943. The molecule has 1 aromatic rings. The molecule has 0 fully saturated rings. The van der Waals surface area contributed by atoms with Crippen LogP contribution in [0, 0.1) is 0 Å². The van der Waals surface area contributed by atoms with Crippen LogP contribution in [0.2, 0.25) is 0 Å². The molecule has 0 spiro atoms. The van der Waals surface area contributed by atoms with E-state index in [-0.39, 0.29) is 16.7 Å². The Bertz CT molecular complexity index is 673. The minimum absolute atomic E-state index is 0.0943. The molecule has 0 unspecified atom stereocenters. The van der Waals surface area contributed by atoms with E-state index >= 15 is 0 Å². The molecule has 0 aliphatic carbocycles. The van der Waals surface area contributed by atoms with Crippen LogP contribution in [0.4, 0.5) is 11.4 Å². The van der Waals surface area contributed by atoms with Crippen molar-refractivity contribution in [2.24, 2.45) is 8.73 Å². The van der Waals surface area contributed by atoms with Crippen LogP contribution >= 0.6 is 23.2 Å². The van der Waals surface area contributed by atoms with Gasteiger partial charge in [0.15, 0.2) is 0 Å². The van der Waals surface area contributed by atoms with Crippen LogP contribution < -0.4 is 4.72 Å². The lowest BCUT2D eigenvalue weighted by Gasteiger charge is -2.29. The summed E-state index contributed by atoms with van der Waals surface area (Å²) in [5.74, 6) is 0.190. The van der Waals surface area contributed by atoms with Crippen LogP contribution in [0.15, 0.2) is 31.8 Å². The Balaban J connectivity index is 2.43. The fourth-order valence-electron chi connectivity index (χ4n) is 1.69. The maximum atomic E-state index is 12.5. The third-order valence-electron chi connectivity index (χ3n) is 3.08. The highest BCUT2D eigenvalue weighted by molar-refractivity contribution is 7.89. The number of hydrogen-bond acceptors (Lipinski definition) is 4. The van der Waals surface area contributed by atoms with Crippen molar-refractivity contribution in [3.63, 3.8) is 0 Å². The van der Waals surface area contributed by atoms with Crippen molar-refractivity contribution in [3.05, 3.63) is 18.2 Å². The minimum Gasteiger partial charge on any atom is -0.207 e. The second-order valence-corrected chi connectivity index (χ2v) is 7.11. The summed E-state index contributed by atoms with van der Waals surface area (Å²) < 4.78 is 35.8. The first-order valence-electron chi connectivity index (χ1n) is 5.85. The normalized spacial score (nSPS) is 14.2. The number of hydrogen-bond donors (Lipinski definition) is 1. The predicted molar refractivity (Wildman–Crippen MR) is 82.8 cm³/mol. The molecule has 5 nitrogen and oxygen atoms in total. The number of halogens is 2. The Labute approximate surface area is 131 Å². The maximum absolute atomic E-state index is 12.5. The van der Waals surface area contributed by atoms with Crippen molar-refractivity contribution in [1.82, 2.24) is 4.72 Å². The first-order valence-corrected chi connectivity index (χ1v) is 9.13. The quantitative estimate of drug-likeness (QED) is 0.809. The predicted octanol–water partition coefficient (Wildman–Crippen LogP) is 3.32. The summed E-state index contributed by atoms with van der Waals surface area (Å²) in [6.07, 6.45) is 0.491. The fraction of sp³-hybridized carbons (Fsp3) is 0.455. The highest BCUT2D eigenvalue weighted by Gasteiger charge is 2.34. The van der Waals surface area contributed by atoms with E-state index in [1.165, 1.54) is 6.07 Å². The van der Waals surface area contributed by atoms with Crippen molar-refractivity contribution >= 4 is 56.0 Å². The van der Waals surface area contributed by atoms with Crippen LogP contribution in [0.3, 0.4) is 0 Å². The molecule has 110 valence electrons. The Kier molecular flexibility index (Phi) is 4.86. The highest BCUT2D eigenvalue weighted by atomic mass is 35.5. The van der Waals surface area contributed by atoms with Gasteiger partial charge in [-0.3, -0.25) is 0 Å². The second-order valence-electron chi connectivity index (χ2n) is 4.39. The molecule has 1 aliphatic rings. The second kappa shape index (κ2) is 6.11. The topological polar surface area (TPSA) is 70.9 Å². The standard InChI is InChI=1S/C11H13Cl2N3O2S2/c1-2-11(6-12,7-13)16-20(17,18)9-5-3-4-8-10(9)15-19-14-8/h3-5,16H,2,6-7H2,1H3. The van der Waals surface area contributed by atoms with Gasteiger partial charge in [0.05, 0.1) is 16.9 Å². The first-order chi connectivity index (χ1) is 9.48.